The molecule has 2 aliphatic rings. The van der Waals surface area contributed by atoms with Crippen molar-refractivity contribution in [1.29, 1.82) is 0 Å². The minimum Gasteiger partial charge on any atom is -0.490 e. The number of hydrogen-bond donors (Lipinski definition) is 2. The fraction of sp³-hybridized carbons (Fsp3) is 0.474. The number of benzene rings is 1. The molecule has 4 rings (SSSR count). The van der Waals surface area contributed by atoms with Crippen molar-refractivity contribution in [2.24, 2.45) is 5.92 Å². The van der Waals surface area contributed by atoms with Crippen molar-refractivity contribution in [2.75, 3.05) is 36.5 Å². The van der Waals surface area contributed by atoms with Gasteiger partial charge in [0.05, 0.1) is 12.6 Å². The molecular weight excluding hydrogens is 335 g/mol. The maximum absolute atomic E-state index is 14.0. The van der Waals surface area contributed by atoms with Crippen LogP contribution >= 0.6 is 0 Å². The van der Waals surface area contributed by atoms with Gasteiger partial charge in [0.25, 0.3) is 0 Å². The summed E-state index contributed by atoms with van der Waals surface area (Å²) in [4.78, 5) is 10.9. The molecule has 6 nitrogen and oxygen atoms in total. The molecule has 2 atom stereocenters. The van der Waals surface area contributed by atoms with E-state index < -0.39 is 0 Å². The van der Waals surface area contributed by atoms with Crippen molar-refractivity contribution in [2.45, 2.75) is 25.3 Å². The molecule has 138 valence electrons. The van der Waals surface area contributed by atoms with Crippen LogP contribution in [0.5, 0.6) is 5.75 Å². The monoisotopic (exact) mass is 358 g/mol. The van der Waals surface area contributed by atoms with E-state index in [1.807, 2.05) is 12.1 Å². The number of nitrogens with one attached hydrogen (secondary N) is 1. The molecule has 1 fully saturated rings. The number of aliphatic hydroxyl groups is 1. The second-order valence-corrected chi connectivity index (χ2v) is 6.89. The molecular formula is C19H23FN4O2. The van der Waals surface area contributed by atoms with E-state index in [1.54, 1.807) is 12.4 Å². The van der Waals surface area contributed by atoms with Crippen molar-refractivity contribution in [1.82, 2.24) is 9.97 Å². The van der Waals surface area contributed by atoms with E-state index in [-0.39, 0.29) is 18.5 Å². The van der Waals surface area contributed by atoms with E-state index in [0.29, 0.717) is 24.1 Å². The Morgan fingerprint density at radius 3 is 3.12 bits per heavy atom. The Balaban J connectivity index is 1.53. The SMILES string of the molecule is OCC1CCCN(c2cc(N[C@H]3CCOc4c(F)cccc43)ncn2)C1. The second-order valence-electron chi connectivity index (χ2n) is 6.89. The minimum atomic E-state index is -0.333. The predicted molar refractivity (Wildman–Crippen MR) is 96.9 cm³/mol. The lowest BCUT2D eigenvalue weighted by atomic mass is 9.99. The number of piperidine rings is 1. The Kier molecular flexibility index (Phi) is 4.88. The summed E-state index contributed by atoms with van der Waals surface area (Å²) in [5.74, 6) is 1.85. The number of hydrogen-bond acceptors (Lipinski definition) is 6. The van der Waals surface area contributed by atoms with Crippen molar-refractivity contribution >= 4 is 11.6 Å². The van der Waals surface area contributed by atoms with Crippen LogP contribution in [0, 0.1) is 11.7 Å². The van der Waals surface area contributed by atoms with E-state index in [0.717, 1.165) is 43.7 Å². The number of halogens is 1. The van der Waals surface area contributed by atoms with E-state index in [2.05, 4.69) is 20.2 Å². The number of aliphatic hydroxyl groups excluding tert-OH is 1. The Bertz CT molecular complexity index is 773. The molecule has 3 heterocycles. The number of para-hydroxylation sites is 1. The fourth-order valence-electron chi connectivity index (χ4n) is 3.74. The van der Waals surface area contributed by atoms with Crippen LogP contribution in [0.2, 0.25) is 0 Å². The lowest BCUT2D eigenvalue weighted by Crippen LogP contribution is -2.37. The largest absolute Gasteiger partial charge is 0.490 e. The van der Waals surface area contributed by atoms with Gasteiger partial charge in [0.15, 0.2) is 11.6 Å². The highest BCUT2D eigenvalue weighted by atomic mass is 19.1. The van der Waals surface area contributed by atoms with Crippen molar-refractivity contribution < 1.29 is 14.2 Å². The van der Waals surface area contributed by atoms with E-state index in [1.165, 1.54) is 6.07 Å². The third kappa shape index (κ3) is 3.44. The first kappa shape index (κ1) is 17.0. The first-order valence-electron chi connectivity index (χ1n) is 9.10. The highest BCUT2D eigenvalue weighted by Gasteiger charge is 2.25. The van der Waals surface area contributed by atoms with Gasteiger partial charge in [-0.3, -0.25) is 0 Å². The van der Waals surface area contributed by atoms with Crippen LogP contribution in [-0.2, 0) is 0 Å². The lowest BCUT2D eigenvalue weighted by molar-refractivity contribution is 0.208. The summed E-state index contributed by atoms with van der Waals surface area (Å²) in [7, 11) is 0. The first-order valence-corrected chi connectivity index (χ1v) is 9.10. The molecule has 0 saturated carbocycles. The average molecular weight is 358 g/mol. The summed E-state index contributed by atoms with van der Waals surface area (Å²) in [5, 5.41) is 12.8. The van der Waals surface area contributed by atoms with E-state index in [4.69, 9.17) is 4.74 Å². The molecule has 2 aromatic rings. The van der Waals surface area contributed by atoms with Gasteiger partial charge in [-0.05, 0) is 24.8 Å². The Labute approximate surface area is 152 Å². The average Bonchev–Trinajstić information content (AvgIpc) is 2.69. The zero-order chi connectivity index (χ0) is 17.9. The van der Waals surface area contributed by atoms with Gasteiger partial charge in [0.2, 0.25) is 0 Å². The number of ether oxygens (including phenoxy) is 1. The molecule has 0 amide bonds. The van der Waals surface area contributed by atoms with Crippen LogP contribution < -0.4 is 15.0 Å². The molecule has 7 heteroatoms. The summed E-state index contributed by atoms with van der Waals surface area (Å²) in [5.41, 5.74) is 0.815. The zero-order valence-electron chi connectivity index (χ0n) is 14.6. The number of aromatic nitrogens is 2. The van der Waals surface area contributed by atoms with Gasteiger partial charge in [-0.1, -0.05) is 12.1 Å². The standard InChI is InChI=1S/C19H23FN4O2/c20-15-5-1-4-14-16(6-8-26-19(14)15)23-17-9-18(22-12-21-17)24-7-2-3-13(10-24)11-25/h1,4-5,9,12-13,16,25H,2-3,6-8,10-11H2,(H,21,22,23)/t13?,16-/m0/s1. The third-order valence-corrected chi connectivity index (χ3v) is 5.10. The normalized spacial score (nSPS) is 22.5. The summed E-state index contributed by atoms with van der Waals surface area (Å²) >= 11 is 0. The minimum absolute atomic E-state index is 0.0521. The third-order valence-electron chi connectivity index (χ3n) is 5.10. The highest BCUT2D eigenvalue weighted by molar-refractivity contribution is 5.51. The quantitative estimate of drug-likeness (QED) is 0.876. The van der Waals surface area contributed by atoms with Gasteiger partial charge >= 0.3 is 0 Å². The Hall–Kier alpha value is -2.41. The van der Waals surface area contributed by atoms with Crippen LogP contribution in [0.15, 0.2) is 30.6 Å². The first-order chi connectivity index (χ1) is 12.7. The molecule has 1 aromatic heterocycles. The van der Waals surface area contributed by atoms with Gasteiger partial charge in [-0.25, -0.2) is 14.4 Å². The van der Waals surface area contributed by atoms with Crippen molar-refractivity contribution in [3.63, 3.8) is 0 Å². The maximum Gasteiger partial charge on any atom is 0.165 e. The molecule has 0 spiro atoms. The molecule has 0 aliphatic carbocycles. The zero-order valence-corrected chi connectivity index (χ0v) is 14.6. The van der Waals surface area contributed by atoms with Gasteiger partial charge in [0.1, 0.15) is 18.0 Å². The number of fused-ring (bicyclic) bond motifs is 1. The van der Waals surface area contributed by atoms with Crippen molar-refractivity contribution in [3.05, 3.63) is 42.0 Å². The summed E-state index contributed by atoms with van der Waals surface area (Å²) < 4.78 is 19.4. The second kappa shape index (κ2) is 7.45. The van der Waals surface area contributed by atoms with Crippen molar-refractivity contribution in [3.8, 4) is 5.75 Å². The van der Waals surface area contributed by atoms with E-state index in [9.17, 15) is 9.50 Å². The van der Waals surface area contributed by atoms with Gasteiger partial charge in [-0.15, -0.1) is 0 Å². The summed E-state index contributed by atoms with van der Waals surface area (Å²) in [6.45, 7) is 2.40. The maximum atomic E-state index is 14.0. The van der Waals surface area contributed by atoms with Gasteiger partial charge in [0, 0.05) is 37.7 Å². The fourth-order valence-corrected chi connectivity index (χ4v) is 3.74. The van der Waals surface area contributed by atoms with E-state index >= 15 is 0 Å². The van der Waals surface area contributed by atoms with Gasteiger partial charge < -0.3 is 20.1 Å². The molecule has 1 unspecified atom stereocenters. The number of rotatable bonds is 4. The highest BCUT2D eigenvalue weighted by Crippen LogP contribution is 2.36. The molecule has 26 heavy (non-hydrogen) atoms. The predicted octanol–water partition coefficient (Wildman–Crippen LogP) is 2.76. The molecule has 2 N–H and O–H groups in total. The smallest absolute Gasteiger partial charge is 0.165 e. The van der Waals surface area contributed by atoms with Crippen LogP contribution in [0.3, 0.4) is 0 Å². The lowest BCUT2D eigenvalue weighted by Gasteiger charge is -2.33. The molecule has 1 saturated heterocycles. The molecule has 2 aliphatic heterocycles. The molecule has 0 bridgehead atoms. The van der Waals surface area contributed by atoms with Crippen LogP contribution in [-0.4, -0.2) is 41.4 Å². The van der Waals surface area contributed by atoms with Crippen LogP contribution in [0.1, 0.15) is 30.9 Å². The Morgan fingerprint density at radius 1 is 1.31 bits per heavy atom. The molecule has 0 radical (unpaired) electrons. The van der Waals surface area contributed by atoms with Gasteiger partial charge in [-0.2, -0.15) is 0 Å². The topological polar surface area (TPSA) is 70.5 Å². The summed E-state index contributed by atoms with van der Waals surface area (Å²) in [6.07, 6.45) is 4.39. The number of nitrogens with zero attached hydrogens (tertiary/aromatic N) is 3. The van der Waals surface area contributed by atoms with Crippen LogP contribution in [0.25, 0.3) is 0 Å². The summed E-state index contributed by atoms with van der Waals surface area (Å²) in [6, 6.07) is 6.87. The Morgan fingerprint density at radius 2 is 2.23 bits per heavy atom. The number of anilines is 2. The van der Waals surface area contributed by atoms with Crippen LogP contribution in [0.4, 0.5) is 16.0 Å². The molecule has 1 aromatic carbocycles.